The van der Waals surface area contributed by atoms with E-state index in [4.69, 9.17) is 5.73 Å². The summed E-state index contributed by atoms with van der Waals surface area (Å²) < 4.78 is 0. The molecule has 0 bridgehead atoms. The van der Waals surface area contributed by atoms with E-state index in [1.165, 1.54) is 19.3 Å². The molecule has 16 heavy (non-hydrogen) atoms. The normalized spacial score (nSPS) is 19.4. The van der Waals surface area contributed by atoms with Crippen LogP contribution < -0.4 is 11.1 Å². The Labute approximate surface area is 99.2 Å². The van der Waals surface area contributed by atoms with Crippen LogP contribution in [0.1, 0.15) is 58.3 Å². The molecule has 1 unspecified atom stereocenters. The largest absolute Gasteiger partial charge is 0.352 e. The quantitative estimate of drug-likeness (QED) is 0.729. The molecule has 3 heteroatoms. The third kappa shape index (κ3) is 4.52. The third-order valence-corrected chi connectivity index (χ3v) is 3.51. The minimum Gasteiger partial charge on any atom is -0.352 e. The molecule has 3 N–H and O–H groups in total. The summed E-state index contributed by atoms with van der Waals surface area (Å²) in [6.07, 6.45) is 9.17. The zero-order valence-electron chi connectivity index (χ0n) is 10.5. The summed E-state index contributed by atoms with van der Waals surface area (Å²) in [5.74, 6) is 0.496. The van der Waals surface area contributed by atoms with Crippen LogP contribution in [-0.2, 0) is 4.79 Å². The molecular formula is C13H26N2O. The van der Waals surface area contributed by atoms with Gasteiger partial charge in [0.2, 0.25) is 5.91 Å². The minimum absolute atomic E-state index is 0.189. The molecule has 0 radical (unpaired) electrons. The van der Waals surface area contributed by atoms with Gasteiger partial charge in [0.25, 0.3) is 0 Å². The maximum atomic E-state index is 12.0. The van der Waals surface area contributed by atoms with Gasteiger partial charge in [0, 0.05) is 18.5 Å². The van der Waals surface area contributed by atoms with Crippen molar-refractivity contribution < 1.29 is 4.79 Å². The molecule has 0 heterocycles. The second-order valence-electron chi connectivity index (χ2n) is 4.92. The SMILES string of the molecule is CCCCC(CN)NC(=O)C1CCCCC1. The van der Waals surface area contributed by atoms with Gasteiger partial charge in [0.1, 0.15) is 0 Å². The number of unbranched alkanes of at least 4 members (excludes halogenated alkanes) is 1. The second kappa shape index (κ2) is 7.66. The summed E-state index contributed by atoms with van der Waals surface area (Å²) in [7, 11) is 0. The van der Waals surface area contributed by atoms with Crippen LogP contribution >= 0.6 is 0 Å². The van der Waals surface area contributed by atoms with E-state index in [9.17, 15) is 4.79 Å². The Hall–Kier alpha value is -0.570. The number of nitrogens with one attached hydrogen (secondary N) is 1. The lowest BCUT2D eigenvalue weighted by Crippen LogP contribution is -2.43. The van der Waals surface area contributed by atoms with E-state index in [0.29, 0.717) is 6.54 Å². The van der Waals surface area contributed by atoms with Crippen molar-refractivity contribution in [1.29, 1.82) is 0 Å². The maximum Gasteiger partial charge on any atom is 0.223 e. The molecule has 94 valence electrons. The van der Waals surface area contributed by atoms with Gasteiger partial charge in [0.05, 0.1) is 0 Å². The first-order chi connectivity index (χ1) is 7.77. The Morgan fingerprint density at radius 3 is 2.62 bits per heavy atom. The Morgan fingerprint density at radius 2 is 2.06 bits per heavy atom. The van der Waals surface area contributed by atoms with Crippen LogP contribution in [0.4, 0.5) is 0 Å². The fraction of sp³-hybridized carbons (Fsp3) is 0.923. The number of hydrogen-bond donors (Lipinski definition) is 2. The van der Waals surface area contributed by atoms with Gasteiger partial charge in [-0.15, -0.1) is 0 Å². The summed E-state index contributed by atoms with van der Waals surface area (Å²) in [6.45, 7) is 2.73. The predicted octanol–water partition coefficient (Wildman–Crippen LogP) is 2.20. The van der Waals surface area contributed by atoms with Crippen molar-refractivity contribution in [2.75, 3.05) is 6.54 Å². The summed E-state index contributed by atoms with van der Waals surface area (Å²) in [4.78, 5) is 12.0. The third-order valence-electron chi connectivity index (χ3n) is 3.51. The van der Waals surface area contributed by atoms with Crippen molar-refractivity contribution >= 4 is 5.91 Å². The summed E-state index contributed by atoms with van der Waals surface area (Å²) in [5.41, 5.74) is 5.68. The van der Waals surface area contributed by atoms with Gasteiger partial charge in [-0.2, -0.15) is 0 Å². The van der Waals surface area contributed by atoms with Crippen LogP contribution in [0.15, 0.2) is 0 Å². The molecule has 1 amide bonds. The molecular weight excluding hydrogens is 200 g/mol. The van der Waals surface area contributed by atoms with E-state index in [2.05, 4.69) is 12.2 Å². The van der Waals surface area contributed by atoms with Crippen LogP contribution in [0, 0.1) is 5.92 Å². The van der Waals surface area contributed by atoms with Gasteiger partial charge < -0.3 is 11.1 Å². The van der Waals surface area contributed by atoms with Crippen molar-refractivity contribution in [1.82, 2.24) is 5.32 Å². The van der Waals surface area contributed by atoms with Crippen LogP contribution in [-0.4, -0.2) is 18.5 Å². The Kier molecular flexibility index (Phi) is 6.46. The number of nitrogens with two attached hydrogens (primary N) is 1. The molecule has 0 saturated heterocycles. The molecule has 1 aliphatic rings. The molecule has 0 aromatic carbocycles. The number of rotatable bonds is 6. The van der Waals surface area contributed by atoms with Crippen LogP contribution in [0.2, 0.25) is 0 Å². The topological polar surface area (TPSA) is 55.1 Å². The van der Waals surface area contributed by atoms with E-state index < -0.39 is 0 Å². The lowest BCUT2D eigenvalue weighted by Gasteiger charge is -2.24. The number of amides is 1. The molecule has 1 fully saturated rings. The Balaban J connectivity index is 2.29. The van der Waals surface area contributed by atoms with E-state index in [1.54, 1.807) is 0 Å². The fourth-order valence-corrected chi connectivity index (χ4v) is 2.38. The maximum absolute atomic E-state index is 12.0. The molecule has 1 rings (SSSR count). The second-order valence-corrected chi connectivity index (χ2v) is 4.92. The van der Waals surface area contributed by atoms with Gasteiger partial charge >= 0.3 is 0 Å². The average molecular weight is 226 g/mol. The van der Waals surface area contributed by atoms with Crippen molar-refractivity contribution in [3.8, 4) is 0 Å². The van der Waals surface area contributed by atoms with E-state index in [0.717, 1.165) is 32.1 Å². The van der Waals surface area contributed by atoms with Crippen molar-refractivity contribution in [3.05, 3.63) is 0 Å². The van der Waals surface area contributed by atoms with Crippen molar-refractivity contribution in [2.24, 2.45) is 11.7 Å². The summed E-state index contributed by atoms with van der Waals surface area (Å²) in [5, 5.41) is 3.11. The van der Waals surface area contributed by atoms with Crippen LogP contribution in [0.25, 0.3) is 0 Å². The molecule has 0 aromatic heterocycles. The molecule has 0 aliphatic heterocycles. The molecule has 1 aliphatic carbocycles. The first-order valence-corrected chi connectivity index (χ1v) is 6.78. The zero-order valence-corrected chi connectivity index (χ0v) is 10.5. The zero-order chi connectivity index (χ0) is 11.8. The average Bonchev–Trinajstić information content (AvgIpc) is 2.35. The van der Waals surface area contributed by atoms with Crippen molar-refractivity contribution in [2.45, 2.75) is 64.3 Å². The van der Waals surface area contributed by atoms with Gasteiger partial charge in [-0.3, -0.25) is 4.79 Å². The number of carbonyl (C=O) groups is 1. The predicted molar refractivity (Wildman–Crippen MR) is 67.1 cm³/mol. The van der Waals surface area contributed by atoms with Crippen LogP contribution in [0.3, 0.4) is 0 Å². The smallest absolute Gasteiger partial charge is 0.223 e. The standard InChI is InChI=1S/C13H26N2O/c1-2-3-9-12(10-14)15-13(16)11-7-5-4-6-8-11/h11-12H,2-10,14H2,1H3,(H,15,16). The monoisotopic (exact) mass is 226 g/mol. The van der Waals surface area contributed by atoms with E-state index >= 15 is 0 Å². The van der Waals surface area contributed by atoms with Crippen LogP contribution in [0.5, 0.6) is 0 Å². The van der Waals surface area contributed by atoms with Crippen molar-refractivity contribution in [3.63, 3.8) is 0 Å². The molecule has 3 nitrogen and oxygen atoms in total. The van der Waals surface area contributed by atoms with Gasteiger partial charge in [-0.05, 0) is 19.3 Å². The number of hydrogen-bond acceptors (Lipinski definition) is 2. The fourth-order valence-electron chi connectivity index (χ4n) is 2.38. The van der Waals surface area contributed by atoms with Gasteiger partial charge in [-0.1, -0.05) is 39.0 Å². The molecule has 0 spiro atoms. The Bertz CT molecular complexity index is 200. The first kappa shape index (κ1) is 13.5. The lowest BCUT2D eigenvalue weighted by molar-refractivity contribution is -0.126. The summed E-state index contributed by atoms with van der Waals surface area (Å²) in [6, 6.07) is 0.189. The van der Waals surface area contributed by atoms with Gasteiger partial charge in [0.15, 0.2) is 0 Å². The van der Waals surface area contributed by atoms with Gasteiger partial charge in [-0.25, -0.2) is 0 Å². The molecule has 1 saturated carbocycles. The highest BCUT2D eigenvalue weighted by Crippen LogP contribution is 2.23. The lowest BCUT2D eigenvalue weighted by atomic mass is 9.88. The van der Waals surface area contributed by atoms with E-state index in [1.807, 2.05) is 0 Å². The number of carbonyl (C=O) groups excluding carboxylic acids is 1. The highest BCUT2D eigenvalue weighted by atomic mass is 16.1. The highest BCUT2D eigenvalue weighted by Gasteiger charge is 2.22. The minimum atomic E-state index is 0.189. The van der Waals surface area contributed by atoms with E-state index in [-0.39, 0.29) is 17.9 Å². The molecule has 1 atom stereocenters. The Morgan fingerprint density at radius 1 is 1.38 bits per heavy atom. The summed E-state index contributed by atoms with van der Waals surface area (Å²) >= 11 is 0. The highest BCUT2D eigenvalue weighted by molar-refractivity contribution is 5.79. The first-order valence-electron chi connectivity index (χ1n) is 6.78. The molecule has 0 aromatic rings.